The van der Waals surface area contributed by atoms with Gasteiger partial charge < -0.3 is 15.4 Å². The molecule has 1 atom stereocenters. The van der Waals surface area contributed by atoms with E-state index < -0.39 is 5.97 Å². The molecule has 0 aliphatic heterocycles. The number of carbonyl (C=O) groups is 1. The van der Waals surface area contributed by atoms with E-state index in [4.69, 9.17) is 28.6 Å². The zero-order chi connectivity index (χ0) is 18.6. The van der Waals surface area contributed by atoms with Crippen molar-refractivity contribution >= 4 is 40.6 Å². The second-order valence-electron chi connectivity index (χ2n) is 5.85. The summed E-state index contributed by atoms with van der Waals surface area (Å²) in [4.78, 5) is 11.6. The van der Waals surface area contributed by atoms with Gasteiger partial charge in [0.2, 0.25) is 0 Å². The number of benzene rings is 2. The molecule has 132 valence electrons. The van der Waals surface area contributed by atoms with Crippen LogP contribution in [0.4, 0.5) is 5.69 Å². The SMILES string of the molecule is COC(=O)c1ccc(Cl)c(NC(=S)N[C@H](C)c2ccc(C)c(C)c2)c1. The number of esters is 1. The molecule has 0 aliphatic rings. The van der Waals surface area contributed by atoms with Crippen LogP contribution in [0.5, 0.6) is 0 Å². The molecule has 0 unspecified atom stereocenters. The summed E-state index contributed by atoms with van der Waals surface area (Å²) in [6, 6.07) is 11.2. The maximum Gasteiger partial charge on any atom is 0.337 e. The van der Waals surface area contributed by atoms with Crippen molar-refractivity contribution in [3.05, 3.63) is 63.7 Å². The summed E-state index contributed by atoms with van der Waals surface area (Å²) < 4.78 is 4.72. The lowest BCUT2D eigenvalue weighted by atomic mass is 10.0. The lowest BCUT2D eigenvalue weighted by Crippen LogP contribution is -2.31. The molecule has 0 heterocycles. The Kier molecular flexibility index (Phi) is 6.39. The predicted molar refractivity (Wildman–Crippen MR) is 106 cm³/mol. The van der Waals surface area contributed by atoms with Crippen LogP contribution in [0.25, 0.3) is 0 Å². The van der Waals surface area contributed by atoms with Crippen LogP contribution in [0.15, 0.2) is 36.4 Å². The van der Waals surface area contributed by atoms with Gasteiger partial charge in [0.05, 0.1) is 29.4 Å². The van der Waals surface area contributed by atoms with Crippen LogP contribution in [-0.4, -0.2) is 18.2 Å². The molecule has 0 saturated heterocycles. The molecular formula is C19H21ClN2O2S. The standard InChI is InChI=1S/C19H21ClN2O2S/c1-11-5-6-14(9-12(11)2)13(3)21-19(25)22-17-10-15(18(23)24-4)7-8-16(17)20/h5-10,13H,1-4H3,(H2,21,22,25)/t13-/m1/s1. The summed E-state index contributed by atoms with van der Waals surface area (Å²) in [6.07, 6.45) is 0. The van der Waals surface area contributed by atoms with E-state index in [2.05, 4.69) is 42.7 Å². The van der Waals surface area contributed by atoms with Crippen LogP contribution in [0.3, 0.4) is 0 Å². The number of ether oxygens (including phenoxy) is 1. The van der Waals surface area contributed by atoms with Gasteiger partial charge >= 0.3 is 5.97 Å². The van der Waals surface area contributed by atoms with Crippen LogP contribution in [0, 0.1) is 13.8 Å². The molecule has 0 spiro atoms. The number of nitrogens with one attached hydrogen (secondary N) is 2. The number of thiocarbonyl (C=S) groups is 1. The van der Waals surface area contributed by atoms with E-state index in [1.165, 1.54) is 18.2 Å². The van der Waals surface area contributed by atoms with Crippen LogP contribution in [0.2, 0.25) is 5.02 Å². The molecule has 25 heavy (non-hydrogen) atoms. The van der Waals surface area contributed by atoms with Gasteiger partial charge in [0.15, 0.2) is 5.11 Å². The Hall–Kier alpha value is -2.11. The van der Waals surface area contributed by atoms with Crippen molar-refractivity contribution in [2.24, 2.45) is 0 Å². The summed E-state index contributed by atoms with van der Waals surface area (Å²) in [5.74, 6) is -0.429. The monoisotopic (exact) mass is 376 g/mol. The van der Waals surface area contributed by atoms with Gasteiger partial charge in [-0.15, -0.1) is 0 Å². The molecule has 2 rings (SSSR count). The second-order valence-corrected chi connectivity index (χ2v) is 6.67. The van der Waals surface area contributed by atoms with Gasteiger partial charge in [0, 0.05) is 0 Å². The number of methoxy groups -OCH3 is 1. The van der Waals surface area contributed by atoms with E-state index in [0.717, 1.165) is 5.56 Å². The van der Waals surface area contributed by atoms with Gasteiger partial charge in [-0.3, -0.25) is 0 Å². The van der Waals surface area contributed by atoms with E-state index in [1.807, 2.05) is 6.92 Å². The van der Waals surface area contributed by atoms with E-state index in [9.17, 15) is 4.79 Å². The first-order valence-corrected chi connectivity index (χ1v) is 8.63. The maximum absolute atomic E-state index is 11.6. The minimum absolute atomic E-state index is 0.0295. The van der Waals surface area contributed by atoms with Gasteiger partial charge in [0.25, 0.3) is 0 Å². The highest BCUT2D eigenvalue weighted by Crippen LogP contribution is 2.24. The summed E-state index contributed by atoms with van der Waals surface area (Å²) in [5.41, 5.74) is 4.58. The third kappa shape index (κ3) is 4.94. The van der Waals surface area contributed by atoms with Gasteiger partial charge in [0.1, 0.15) is 0 Å². The topological polar surface area (TPSA) is 50.4 Å². The molecular weight excluding hydrogens is 356 g/mol. The van der Waals surface area contributed by atoms with Gasteiger partial charge in [-0.05, 0) is 67.9 Å². The van der Waals surface area contributed by atoms with Crippen LogP contribution < -0.4 is 10.6 Å². The maximum atomic E-state index is 11.6. The average Bonchev–Trinajstić information content (AvgIpc) is 2.58. The first kappa shape index (κ1) is 19.2. The molecule has 0 amide bonds. The molecule has 0 radical (unpaired) electrons. The number of rotatable bonds is 4. The Morgan fingerprint density at radius 2 is 1.88 bits per heavy atom. The first-order chi connectivity index (χ1) is 11.8. The fourth-order valence-corrected chi connectivity index (χ4v) is 2.79. The number of halogens is 1. The fourth-order valence-electron chi connectivity index (χ4n) is 2.34. The molecule has 0 fully saturated rings. The van der Waals surface area contributed by atoms with Crippen molar-refractivity contribution in [1.82, 2.24) is 5.32 Å². The Morgan fingerprint density at radius 1 is 1.16 bits per heavy atom. The lowest BCUT2D eigenvalue weighted by Gasteiger charge is -2.19. The Labute approximate surface area is 158 Å². The molecule has 2 N–H and O–H groups in total. The number of carbonyl (C=O) groups excluding carboxylic acids is 1. The quantitative estimate of drug-likeness (QED) is 0.593. The molecule has 0 aliphatic carbocycles. The summed E-state index contributed by atoms with van der Waals surface area (Å²) in [6.45, 7) is 6.20. The van der Waals surface area contributed by atoms with E-state index in [-0.39, 0.29) is 6.04 Å². The van der Waals surface area contributed by atoms with Gasteiger partial charge in [-0.2, -0.15) is 0 Å². The zero-order valence-electron chi connectivity index (χ0n) is 14.6. The van der Waals surface area contributed by atoms with Crippen molar-refractivity contribution in [3.63, 3.8) is 0 Å². The molecule has 6 heteroatoms. The largest absolute Gasteiger partial charge is 0.465 e. The highest BCUT2D eigenvalue weighted by Gasteiger charge is 2.12. The molecule has 0 saturated carbocycles. The van der Waals surface area contributed by atoms with E-state index >= 15 is 0 Å². The molecule has 2 aromatic carbocycles. The highest BCUT2D eigenvalue weighted by molar-refractivity contribution is 7.80. The van der Waals surface area contributed by atoms with Crippen molar-refractivity contribution < 1.29 is 9.53 Å². The summed E-state index contributed by atoms with van der Waals surface area (Å²) in [5, 5.41) is 7.16. The minimum atomic E-state index is -0.429. The summed E-state index contributed by atoms with van der Waals surface area (Å²) >= 11 is 11.5. The van der Waals surface area contributed by atoms with Gasteiger partial charge in [-0.25, -0.2) is 4.79 Å². The molecule has 2 aromatic rings. The predicted octanol–water partition coefficient (Wildman–Crippen LogP) is 4.79. The number of hydrogen-bond acceptors (Lipinski definition) is 3. The lowest BCUT2D eigenvalue weighted by molar-refractivity contribution is 0.0601. The third-order valence-electron chi connectivity index (χ3n) is 4.01. The molecule has 4 nitrogen and oxygen atoms in total. The molecule has 0 bridgehead atoms. The van der Waals surface area contributed by atoms with Crippen molar-refractivity contribution in [3.8, 4) is 0 Å². The van der Waals surface area contributed by atoms with Crippen molar-refractivity contribution in [2.45, 2.75) is 26.8 Å². The van der Waals surface area contributed by atoms with Gasteiger partial charge in [-0.1, -0.05) is 29.8 Å². The molecule has 0 aromatic heterocycles. The second kappa shape index (κ2) is 8.32. The average molecular weight is 377 g/mol. The Bertz CT molecular complexity index is 808. The number of hydrogen-bond donors (Lipinski definition) is 2. The van der Waals surface area contributed by atoms with Crippen LogP contribution in [-0.2, 0) is 4.74 Å². The van der Waals surface area contributed by atoms with Crippen LogP contribution in [0.1, 0.15) is 40.0 Å². The normalized spacial score (nSPS) is 11.6. The van der Waals surface area contributed by atoms with Crippen molar-refractivity contribution in [1.29, 1.82) is 0 Å². The summed E-state index contributed by atoms with van der Waals surface area (Å²) in [7, 11) is 1.33. The fraction of sp³-hybridized carbons (Fsp3) is 0.263. The smallest absolute Gasteiger partial charge is 0.337 e. The Balaban J connectivity index is 2.09. The zero-order valence-corrected chi connectivity index (χ0v) is 16.2. The van der Waals surface area contributed by atoms with E-state index in [0.29, 0.717) is 21.4 Å². The first-order valence-electron chi connectivity index (χ1n) is 7.84. The van der Waals surface area contributed by atoms with E-state index in [1.54, 1.807) is 18.2 Å². The highest BCUT2D eigenvalue weighted by atomic mass is 35.5. The Morgan fingerprint density at radius 3 is 2.52 bits per heavy atom. The number of anilines is 1. The van der Waals surface area contributed by atoms with Crippen LogP contribution >= 0.6 is 23.8 Å². The third-order valence-corrected chi connectivity index (χ3v) is 4.56. The minimum Gasteiger partial charge on any atom is -0.465 e. The number of aryl methyl sites for hydroxylation is 2. The van der Waals surface area contributed by atoms with Crippen molar-refractivity contribution in [2.75, 3.05) is 12.4 Å².